The van der Waals surface area contributed by atoms with Crippen molar-refractivity contribution in [3.63, 3.8) is 0 Å². The topological polar surface area (TPSA) is 51.0 Å². The number of hydrogen-bond acceptors (Lipinski definition) is 4. The third-order valence-electron chi connectivity index (χ3n) is 7.24. The van der Waals surface area contributed by atoms with E-state index in [4.69, 9.17) is 0 Å². The number of alkyl halides is 3. The fraction of sp³-hybridized carbons (Fsp3) is 0.423. The number of fused-ring (bicyclic) bond motifs is 1. The summed E-state index contributed by atoms with van der Waals surface area (Å²) in [5.74, 6) is 0.527. The second-order valence-electron chi connectivity index (χ2n) is 9.56. The average molecular weight is 505 g/mol. The molecule has 5 rings (SSSR count). The van der Waals surface area contributed by atoms with Gasteiger partial charge in [0, 0.05) is 49.2 Å². The maximum absolute atomic E-state index is 12.9. The van der Waals surface area contributed by atoms with Crippen molar-refractivity contribution < 1.29 is 13.2 Å². The molecule has 186 valence electrons. The van der Waals surface area contributed by atoms with Gasteiger partial charge >= 0.3 is 11.9 Å². The minimum absolute atomic E-state index is 0. The molecule has 1 aliphatic carbocycles. The lowest BCUT2D eigenvalue weighted by atomic mass is 9.94. The molecule has 35 heavy (non-hydrogen) atoms. The van der Waals surface area contributed by atoms with E-state index in [2.05, 4.69) is 14.9 Å². The van der Waals surface area contributed by atoms with Crippen LogP contribution in [0.5, 0.6) is 0 Å². The standard InChI is InChI=1S/C26H27F3N4O.ClH/c1-18-15-33(24(34)31-23(18)19-5-4-10-30-14-19)12-3-2-11-32-16-22-13-25(22,17-32)20-6-8-21(9-7-20)26(27,28)29;/h4-10,14-15,22H,2-3,11-13,16-17H2,1H3;1H/t22-,25+;/m0./s1. The number of benzene rings is 1. The van der Waals surface area contributed by atoms with Gasteiger partial charge in [-0.05, 0) is 74.0 Å². The van der Waals surface area contributed by atoms with Crippen LogP contribution in [-0.4, -0.2) is 39.1 Å². The lowest BCUT2D eigenvalue weighted by Crippen LogP contribution is -2.28. The Balaban J connectivity index is 0.00000289. The summed E-state index contributed by atoms with van der Waals surface area (Å²) in [7, 11) is 0. The van der Waals surface area contributed by atoms with E-state index in [0.717, 1.165) is 55.6 Å². The Bertz CT molecular complexity index is 1230. The predicted octanol–water partition coefficient (Wildman–Crippen LogP) is 5.11. The third-order valence-corrected chi connectivity index (χ3v) is 7.24. The van der Waals surface area contributed by atoms with E-state index in [-0.39, 0.29) is 23.5 Å². The lowest BCUT2D eigenvalue weighted by Gasteiger charge is -2.21. The maximum Gasteiger partial charge on any atom is 0.416 e. The van der Waals surface area contributed by atoms with Crippen LogP contribution in [0.3, 0.4) is 0 Å². The van der Waals surface area contributed by atoms with Crippen LogP contribution in [0.4, 0.5) is 13.2 Å². The molecule has 0 amide bonds. The maximum atomic E-state index is 12.9. The molecule has 5 nitrogen and oxygen atoms in total. The van der Waals surface area contributed by atoms with Gasteiger partial charge in [0.2, 0.25) is 0 Å². The van der Waals surface area contributed by atoms with Crippen molar-refractivity contribution in [2.45, 2.75) is 44.3 Å². The van der Waals surface area contributed by atoms with Crippen LogP contribution in [0.25, 0.3) is 11.3 Å². The van der Waals surface area contributed by atoms with Crippen LogP contribution in [0.15, 0.2) is 59.8 Å². The first kappa shape index (κ1) is 25.4. The fourth-order valence-corrected chi connectivity index (χ4v) is 5.37. The van der Waals surface area contributed by atoms with Crippen LogP contribution in [0.1, 0.15) is 36.0 Å². The van der Waals surface area contributed by atoms with Gasteiger partial charge in [0.05, 0.1) is 11.3 Å². The quantitative estimate of drug-likeness (QED) is 0.420. The van der Waals surface area contributed by atoms with E-state index >= 15 is 0 Å². The highest BCUT2D eigenvalue weighted by molar-refractivity contribution is 5.85. The van der Waals surface area contributed by atoms with E-state index in [1.54, 1.807) is 29.1 Å². The molecular formula is C26H28ClF3N4O. The van der Waals surface area contributed by atoms with Crippen molar-refractivity contribution in [1.29, 1.82) is 0 Å². The van der Waals surface area contributed by atoms with E-state index in [1.807, 2.05) is 25.3 Å². The largest absolute Gasteiger partial charge is 0.416 e. The molecule has 1 aromatic carbocycles. The Morgan fingerprint density at radius 2 is 1.86 bits per heavy atom. The van der Waals surface area contributed by atoms with Crippen LogP contribution in [-0.2, 0) is 18.1 Å². The third kappa shape index (κ3) is 5.14. The molecule has 3 aromatic rings. The number of piperidine rings is 1. The summed E-state index contributed by atoms with van der Waals surface area (Å²) in [6.45, 7) is 5.36. The number of halogens is 4. The van der Waals surface area contributed by atoms with Crippen LogP contribution in [0.2, 0.25) is 0 Å². The van der Waals surface area contributed by atoms with Gasteiger partial charge in [-0.25, -0.2) is 4.79 Å². The van der Waals surface area contributed by atoms with Crippen molar-refractivity contribution in [3.05, 3.63) is 82.2 Å². The van der Waals surface area contributed by atoms with E-state index in [9.17, 15) is 18.0 Å². The Hall–Kier alpha value is -2.71. The van der Waals surface area contributed by atoms with Gasteiger partial charge < -0.3 is 4.90 Å². The number of rotatable bonds is 7. The summed E-state index contributed by atoms with van der Waals surface area (Å²) in [5, 5.41) is 0. The van der Waals surface area contributed by atoms with Gasteiger partial charge in [-0.2, -0.15) is 18.2 Å². The van der Waals surface area contributed by atoms with Gasteiger partial charge in [0.25, 0.3) is 0 Å². The highest BCUT2D eigenvalue weighted by Crippen LogP contribution is 2.59. The van der Waals surface area contributed by atoms with Gasteiger partial charge in [-0.3, -0.25) is 9.55 Å². The first-order valence-electron chi connectivity index (χ1n) is 11.6. The van der Waals surface area contributed by atoms with Gasteiger partial charge in [0.1, 0.15) is 0 Å². The zero-order valence-electron chi connectivity index (χ0n) is 19.5. The molecule has 1 saturated heterocycles. The number of aryl methyl sites for hydroxylation is 2. The normalized spacial score (nSPS) is 21.4. The first-order chi connectivity index (χ1) is 16.3. The molecule has 2 aliphatic rings. The Morgan fingerprint density at radius 1 is 1.11 bits per heavy atom. The molecule has 1 aliphatic heterocycles. The van der Waals surface area contributed by atoms with Gasteiger partial charge in [0.15, 0.2) is 0 Å². The number of nitrogens with zero attached hydrogens (tertiary/aromatic N) is 4. The van der Waals surface area contributed by atoms with Crippen LogP contribution < -0.4 is 5.69 Å². The Labute approximate surface area is 208 Å². The summed E-state index contributed by atoms with van der Waals surface area (Å²) >= 11 is 0. The summed E-state index contributed by atoms with van der Waals surface area (Å²) in [6, 6.07) is 9.44. The summed E-state index contributed by atoms with van der Waals surface area (Å²) in [6.07, 6.45) is 3.83. The smallest absolute Gasteiger partial charge is 0.302 e. The number of aromatic nitrogens is 3. The summed E-state index contributed by atoms with van der Waals surface area (Å²) < 4.78 is 40.3. The molecule has 0 N–H and O–H groups in total. The monoisotopic (exact) mass is 504 g/mol. The van der Waals surface area contributed by atoms with Crippen molar-refractivity contribution in [2.75, 3.05) is 19.6 Å². The zero-order valence-corrected chi connectivity index (χ0v) is 20.3. The van der Waals surface area contributed by atoms with Crippen molar-refractivity contribution in [3.8, 4) is 11.3 Å². The highest BCUT2D eigenvalue weighted by atomic mass is 35.5. The zero-order chi connectivity index (χ0) is 23.9. The Morgan fingerprint density at radius 3 is 2.54 bits per heavy atom. The minimum Gasteiger partial charge on any atom is -0.302 e. The second kappa shape index (κ2) is 9.74. The van der Waals surface area contributed by atoms with E-state index in [1.165, 1.54) is 12.1 Å². The molecular weight excluding hydrogens is 477 g/mol. The predicted molar refractivity (Wildman–Crippen MR) is 131 cm³/mol. The van der Waals surface area contributed by atoms with Gasteiger partial charge in [-0.1, -0.05) is 12.1 Å². The molecule has 0 unspecified atom stereocenters. The Kier molecular flexibility index (Phi) is 7.06. The van der Waals surface area contributed by atoms with E-state index < -0.39 is 11.7 Å². The molecule has 3 heterocycles. The molecule has 2 fully saturated rings. The fourth-order valence-electron chi connectivity index (χ4n) is 5.37. The van der Waals surface area contributed by atoms with Crippen molar-refractivity contribution in [1.82, 2.24) is 19.4 Å². The molecule has 9 heteroatoms. The van der Waals surface area contributed by atoms with Crippen molar-refractivity contribution >= 4 is 12.4 Å². The number of hydrogen-bond donors (Lipinski definition) is 0. The second-order valence-corrected chi connectivity index (χ2v) is 9.56. The lowest BCUT2D eigenvalue weighted by molar-refractivity contribution is -0.137. The molecule has 1 saturated carbocycles. The molecule has 0 spiro atoms. The molecule has 2 atom stereocenters. The van der Waals surface area contributed by atoms with Crippen molar-refractivity contribution in [2.24, 2.45) is 5.92 Å². The summed E-state index contributed by atoms with van der Waals surface area (Å²) in [4.78, 5) is 23.3. The highest BCUT2D eigenvalue weighted by Gasteiger charge is 2.60. The first-order valence-corrected chi connectivity index (χ1v) is 11.6. The molecule has 0 radical (unpaired) electrons. The molecule has 2 aromatic heterocycles. The SMILES string of the molecule is Cc1cn(CCCCN2C[C@@H]3C[C@]3(c3ccc(C(F)(F)F)cc3)C2)c(=O)nc1-c1cccnc1.Cl. The average Bonchev–Trinajstić information content (AvgIpc) is 3.40. The number of pyridine rings is 1. The van der Waals surface area contributed by atoms with Gasteiger partial charge in [-0.15, -0.1) is 12.4 Å². The molecule has 0 bridgehead atoms. The minimum atomic E-state index is -4.30. The van der Waals surface area contributed by atoms with E-state index in [0.29, 0.717) is 18.2 Å². The summed E-state index contributed by atoms with van der Waals surface area (Å²) in [5.41, 5.74) is 2.63. The number of likely N-dealkylation sites (tertiary alicyclic amines) is 1. The van der Waals surface area contributed by atoms with Crippen LogP contribution >= 0.6 is 12.4 Å². The number of unbranched alkanes of at least 4 members (excludes halogenated alkanes) is 1. The van der Waals surface area contributed by atoms with Crippen LogP contribution in [0, 0.1) is 12.8 Å².